The number of nitrogens with two attached hydrogens (primary N) is 1. The van der Waals surface area contributed by atoms with Crippen LogP contribution in [0.5, 0.6) is 0 Å². The van der Waals surface area contributed by atoms with E-state index < -0.39 is 5.41 Å². The summed E-state index contributed by atoms with van der Waals surface area (Å²) in [5.41, 5.74) is 7.00. The third-order valence-electron chi connectivity index (χ3n) is 2.70. The average Bonchev–Trinajstić information content (AvgIpc) is 2.17. The van der Waals surface area contributed by atoms with E-state index in [1.807, 2.05) is 38.1 Å². The lowest BCUT2D eigenvalue weighted by molar-refractivity contribution is -0.122. The van der Waals surface area contributed by atoms with E-state index in [0.29, 0.717) is 0 Å². The Balaban J connectivity index is 3.02. The molecular weight excluding hydrogens is 174 g/mol. The molecule has 0 heterocycles. The van der Waals surface area contributed by atoms with Crippen molar-refractivity contribution in [2.24, 2.45) is 5.73 Å². The molecule has 0 aliphatic heterocycles. The maximum absolute atomic E-state index is 11.2. The van der Waals surface area contributed by atoms with Crippen LogP contribution in [-0.2, 0) is 16.6 Å². The molecule has 1 amide bonds. The van der Waals surface area contributed by atoms with Crippen LogP contribution in [0.1, 0.15) is 31.9 Å². The van der Waals surface area contributed by atoms with Crippen molar-refractivity contribution in [3.05, 3.63) is 35.4 Å². The molecule has 14 heavy (non-hydrogen) atoms. The summed E-state index contributed by atoms with van der Waals surface area (Å²) in [6.07, 6.45) is 1.01. The number of primary amides is 1. The van der Waals surface area contributed by atoms with E-state index in [1.54, 1.807) is 0 Å². The van der Waals surface area contributed by atoms with Gasteiger partial charge in [0.2, 0.25) is 5.91 Å². The highest BCUT2D eigenvalue weighted by atomic mass is 16.1. The third kappa shape index (κ3) is 1.95. The van der Waals surface area contributed by atoms with Crippen LogP contribution < -0.4 is 5.73 Å². The Bertz CT molecular complexity index is 325. The highest BCUT2D eigenvalue weighted by Gasteiger charge is 2.26. The first-order chi connectivity index (χ1) is 6.48. The summed E-state index contributed by atoms with van der Waals surface area (Å²) in [7, 11) is 0. The normalized spacial score (nSPS) is 11.4. The first-order valence-corrected chi connectivity index (χ1v) is 4.87. The van der Waals surface area contributed by atoms with Crippen LogP contribution in [0, 0.1) is 0 Å². The zero-order valence-electron chi connectivity index (χ0n) is 9.00. The van der Waals surface area contributed by atoms with Gasteiger partial charge in [0.25, 0.3) is 0 Å². The molecular formula is C12H17NO. The van der Waals surface area contributed by atoms with E-state index in [0.717, 1.165) is 12.0 Å². The third-order valence-corrected chi connectivity index (χ3v) is 2.70. The highest BCUT2D eigenvalue weighted by Crippen LogP contribution is 2.22. The smallest absolute Gasteiger partial charge is 0.227 e. The molecule has 0 fully saturated rings. The second-order valence-corrected chi connectivity index (χ2v) is 4.04. The van der Waals surface area contributed by atoms with Gasteiger partial charge in [0.1, 0.15) is 0 Å². The van der Waals surface area contributed by atoms with Crippen molar-refractivity contribution < 1.29 is 4.79 Å². The van der Waals surface area contributed by atoms with E-state index in [2.05, 4.69) is 6.92 Å². The summed E-state index contributed by atoms with van der Waals surface area (Å²) in [5, 5.41) is 0. The molecule has 0 atom stereocenters. The van der Waals surface area contributed by atoms with Gasteiger partial charge in [-0.05, 0) is 31.4 Å². The van der Waals surface area contributed by atoms with Crippen molar-refractivity contribution in [3.63, 3.8) is 0 Å². The first-order valence-electron chi connectivity index (χ1n) is 4.87. The predicted molar refractivity (Wildman–Crippen MR) is 58.0 cm³/mol. The summed E-state index contributed by atoms with van der Waals surface area (Å²) in [5.74, 6) is -0.290. The second kappa shape index (κ2) is 3.82. The molecule has 0 saturated heterocycles. The molecule has 1 aromatic rings. The lowest BCUT2D eigenvalue weighted by atomic mass is 9.83. The van der Waals surface area contributed by atoms with Gasteiger partial charge in [-0.25, -0.2) is 0 Å². The van der Waals surface area contributed by atoms with Crippen molar-refractivity contribution in [2.45, 2.75) is 32.6 Å². The monoisotopic (exact) mass is 191 g/mol. The standard InChI is InChI=1S/C12H17NO/c1-4-9-5-7-10(8-6-9)12(2,3)11(13)14/h5-8H,4H2,1-3H3,(H2,13,14). The van der Waals surface area contributed by atoms with Crippen molar-refractivity contribution in [3.8, 4) is 0 Å². The second-order valence-electron chi connectivity index (χ2n) is 4.04. The number of hydrogen-bond acceptors (Lipinski definition) is 1. The number of carbonyl (C=O) groups is 1. The molecule has 2 N–H and O–H groups in total. The van der Waals surface area contributed by atoms with E-state index in [-0.39, 0.29) is 5.91 Å². The first kappa shape index (κ1) is 10.8. The Morgan fingerprint density at radius 3 is 2.14 bits per heavy atom. The Kier molecular flexibility index (Phi) is 2.94. The Labute approximate surface area is 85.1 Å². The lowest BCUT2D eigenvalue weighted by Gasteiger charge is -2.21. The summed E-state index contributed by atoms with van der Waals surface area (Å²) in [4.78, 5) is 11.2. The van der Waals surface area contributed by atoms with Crippen LogP contribution in [0.25, 0.3) is 0 Å². The van der Waals surface area contributed by atoms with Gasteiger partial charge in [0.15, 0.2) is 0 Å². The number of benzene rings is 1. The summed E-state index contributed by atoms with van der Waals surface area (Å²) < 4.78 is 0. The minimum absolute atomic E-state index is 0.290. The molecule has 1 aromatic carbocycles. The van der Waals surface area contributed by atoms with Gasteiger partial charge in [-0.1, -0.05) is 31.2 Å². The fraction of sp³-hybridized carbons (Fsp3) is 0.417. The van der Waals surface area contributed by atoms with Gasteiger partial charge < -0.3 is 5.73 Å². The Morgan fingerprint density at radius 1 is 1.29 bits per heavy atom. The van der Waals surface area contributed by atoms with Crippen LogP contribution in [-0.4, -0.2) is 5.91 Å². The quantitative estimate of drug-likeness (QED) is 0.780. The van der Waals surface area contributed by atoms with E-state index in [1.165, 1.54) is 5.56 Å². The molecule has 2 heteroatoms. The van der Waals surface area contributed by atoms with Crippen LogP contribution in [0.3, 0.4) is 0 Å². The fourth-order valence-corrected chi connectivity index (χ4v) is 1.30. The Hall–Kier alpha value is -1.31. The summed E-state index contributed by atoms with van der Waals surface area (Å²) in [6.45, 7) is 5.79. The zero-order chi connectivity index (χ0) is 10.8. The van der Waals surface area contributed by atoms with E-state index in [9.17, 15) is 4.79 Å². The maximum atomic E-state index is 11.2. The van der Waals surface area contributed by atoms with Crippen molar-refractivity contribution in [1.82, 2.24) is 0 Å². The van der Waals surface area contributed by atoms with E-state index >= 15 is 0 Å². The molecule has 2 nitrogen and oxygen atoms in total. The molecule has 0 aromatic heterocycles. The van der Waals surface area contributed by atoms with Gasteiger partial charge in [-0.2, -0.15) is 0 Å². The highest BCUT2D eigenvalue weighted by molar-refractivity contribution is 5.85. The lowest BCUT2D eigenvalue weighted by Crippen LogP contribution is -2.35. The van der Waals surface area contributed by atoms with Gasteiger partial charge in [-0.3, -0.25) is 4.79 Å². The number of carbonyl (C=O) groups excluding carboxylic acids is 1. The van der Waals surface area contributed by atoms with E-state index in [4.69, 9.17) is 5.73 Å². The predicted octanol–water partition coefficient (Wildman–Crippen LogP) is 2.01. The number of hydrogen-bond donors (Lipinski definition) is 1. The number of aryl methyl sites for hydroxylation is 1. The van der Waals surface area contributed by atoms with Crippen molar-refractivity contribution in [2.75, 3.05) is 0 Å². The van der Waals surface area contributed by atoms with Gasteiger partial charge in [-0.15, -0.1) is 0 Å². The summed E-state index contributed by atoms with van der Waals surface area (Å²) in [6, 6.07) is 8.03. The van der Waals surface area contributed by atoms with Crippen LogP contribution in [0.15, 0.2) is 24.3 Å². The van der Waals surface area contributed by atoms with Crippen molar-refractivity contribution >= 4 is 5.91 Å². The number of rotatable bonds is 3. The van der Waals surface area contributed by atoms with Gasteiger partial charge in [0.05, 0.1) is 5.41 Å². The zero-order valence-corrected chi connectivity index (χ0v) is 9.00. The summed E-state index contributed by atoms with van der Waals surface area (Å²) >= 11 is 0. The number of amides is 1. The molecule has 0 bridgehead atoms. The molecule has 0 unspecified atom stereocenters. The van der Waals surface area contributed by atoms with Crippen LogP contribution in [0.4, 0.5) is 0 Å². The molecule has 0 aliphatic carbocycles. The van der Waals surface area contributed by atoms with Gasteiger partial charge >= 0.3 is 0 Å². The van der Waals surface area contributed by atoms with Crippen LogP contribution >= 0.6 is 0 Å². The molecule has 0 spiro atoms. The molecule has 0 radical (unpaired) electrons. The van der Waals surface area contributed by atoms with Crippen LogP contribution in [0.2, 0.25) is 0 Å². The largest absolute Gasteiger partial charge is 0.369 e. The fourth-order valence-electron chi connectivity index (χ4n) is 1.30. The minimum Gasteiger partial charge on any atom is -0.369 e. The molecule has 76 valence electrons. The van der Waals surface area contributed by atoms with Gasteiger partial charge in [0, 0.05) is 0 Å². The maximum Gasteiger partial charge on any atom is 0.227 e. The topological polar surface area (TPSA) is 43.1 Å². The minimum atomic E-state index is -0.577. The molecule has 0 saturated carbocycles. The van der Waals surface area contributed by atoms with Crippen molar-refractivity contribution in [1.29, 1.82) is 0 Å². The molecule has 1 rings (SSSR count). The molecule has 0 aliphatic rings. The average molecular weight is 191 g/mol. The SMILES string of the molecule is CCc1ccc(C(C)(C)C(N)=O)cc1. The Morgan fingerprint density at radius 2 is 1.79 bits per heavy atom.